The van der Waals surface area contributed by atoms with Crippen molar-refractivity contribution >= 4 is 5.91 Å². The lowest BCUT2D eigenvalue weighted by atomic mass is 10.1. The molecule has 1 aliphatic rings. The van der Waals surface area contributed by atoms with Gasteiger partial charge in [-0.15, -0.1) is 0 Å². The van der Waals surface area contributed by atoms with Gasteiger partial charge in [-0.2, -0.15) is 5.26 Å². The minimum atomic E-state index is -0.0295. The Morgan fingerprint density at radius 2 is 2.18 bits per heavy atom. The third kappa shape index (κ3) is 2.85. The average molecular weight is 228 g/mol. The van der Waals surface area contributed by atoms with E-state index in [1.165, 1.54) is 12.8 Å². The minimum absolute atomic E-state index is 0.0295. The van der Waals surface area contributed by atoms with Crippen LogP contribution in [0.25, 0.3) is 0 Å². The van der Waals surface area contributed by atoms with E-state index in [4.69, 9.17) is 5.26 Å². The molecule has 3 heteroatoms. The Labute approximate surface area is 101 Å². The van der Waals surface area contributed by atoms with Crippen LogP contribution in [-0.4, -0.2) is 11.9 Å². The third-order valence-electron chi connectivity index (χ3n) is 3.17. The minimum Gasteiger partial charge on any atom is -0.349 e. The van der Waals surface area contributed by atoms with E-state index in [-0.39, 0.29) is 5.91 Å². The molecule has 0 saturated heterocycles. The SMILES string of the molecule is CCCC1CC1NC(=O)c1ccc(C#N)cc1. The molecule has 2 atom stereocenters. The van der Waals surface area contributed by atoms with Crippen LogP contribution in [0.15, 0.2) is 24.3 Å². The molecule has 0 spiro atoms. The largest absolute Gasteiger partial charge is 0.349 e. The van der Waals surface area contributed by atoms with Crippen LogP contribution in [0.5, 0.6) is 0 Å². The second-order valence-corrected chi connectivity index (χ2v) is 4.55. The Kier molecular flexibility index (Phi) is 3.43. The fraction of sp³-hybridized carbons (Fsp3) is 0.429. The molecule has 17 heavy (non-hydrogen) atoms. The highest BCUT2D eigenvalue weighted by molar-refractivity contribution is 5.94. The van der Waals surface area contributed by atoms with Gasteiger partial charge in [-0.3, -0.25) is 4.79 Å². The van der Waals surface area contributed by atoms with Crippen molar-refractivity contribution in [2.24, 2.45) is 5.92 Å². The van der Waals surface area contributed by atoms with Crippen LogP contribution in [0, 0.1) is 17.2 Å². The summed E-state index contributed by atoms with van der Waals surface area (Å²) in [4.78, 5) is 11.9. The average Bonchev–Trinajstić information content (AvgIpc) is 3.08. The first-order chi connectivity index (χ1) is 8.24. The molecule has 88 valence electrons. The lowest BCUT2D eigenvalue weighted by molar-refractivity contribution is 0.0949. The van der Waals surface area contributed by atoms with Gasteiger partial charge in [-0.1, -0.05) is 13.3 Å². The molecule has 0 radical (unpaired) electrons. The number of benzene rings is 1. The maximum atomic E-state index is 11.9. The van der Waals surface area contributed by atoms with E-state index < -0.39 is 0 Å². The monoisotopic (exact) mass is 228 g/mol. The number of rotatable bonds is 4. The number of nitrogens with one attached hydrogen (secondary N) is 1. The number of nitrogens with zero attached hydrogens (tertiary/aromatic N) is 1. The summed E-state index contributed by atoms with van der Waals surface area (Å²) in [6.07, 6.45) is 3.47. The molecular weight excluding hydrogens is 212 g/mol. The van der Waals surface area contributed by atoms with E-state index >= 15 is 0 Å². The quantitative estimate of drug-likeness (QED) is 0.860. The molecule has 1 aromatic carbocycles. The van der Waals surface area contributed by atoms with Crippen molar-refractivity contribution in [3.63, 3.8) is 0 Å². The van der Waals surface area contributed by atoms with E-state index in [9.17, 15) is 4.79 Å². The van der Waals surface area contributed by atoms with Gasteiger partial charge in [-0.05, 0) is 43.0 Å². The zero-order chi connectivity index (χ0) is 12.3. The van der Waals surface area contributed by atoms with Gasteiger partial charge in [0.25, 0.3) is 5.91 Å². The summed E-state index contributed by atoms with van der Waals surface area (Å²) in [5, 5.41) is 11.7. The van der Waals surface area contributed by atoms with Crippen molar-refractivity contribution in [2.75, 3.05) is 0 Å². The smallest absolute Gasteiger partial charge is 0.251 e. The molecule has 2 unspecified atom stereocenters. The molecule has 0 aliphatic heterocycles. The van der Waals surface area contributed by atoms with Crippen molar-refractivity contribution < 1.29 is 4.79 Å². The highest BCUT2D eigenvalue weighted by atomic mass is 16.1. The lowest BCUT2D eigenvalue weighted by Gasteiger charge is -2.04. The normalized spacial score (nSPS) is 21.6. The van der Waals surface area contributed by atoms with Crippen LogP contribution >= 0.6 is 0 Å². The van der Waals surface area contributed by atoms with Crippen LogP contribution < -0.4 is 5.32 Å². The fourth-order valence-corrected chi connectivity index (χ4v) is 2.06. The second-order valence-electron chi connectivity index (χ2n) is 4.55. The van der Waals surface area contributed by atoms with Gasteiger partial charge in [-0.25, -0.2) is 0 Å². The Hall–Kier alpha value is -1.82. The van der Waals surface area contributed by atoms with Crippen molar-refractivity contribution in [3.8, 4) is 6.07 Å². The van der Waals surface area contributed by atoms with Crippen molar-refractivity contribution in [3.05, 3.63) is 35.4 Å². The summed E-state index contributed by atoms with van der Waals surface area (Å²) in [6.45, 7) is 2.16. The summed E-state index contributed by atoms with van der Waals surface area (Å²) in [6, 6.07) is 9.14. The first kappa shape index (κ1) is 11.7. The van der Waals surface area contributed by atoms with Gasteiger partial charge in [0.05, 0.1) is 11.6 Å². The van der Waals surface area contributed by atoms with Crippen molar-refractivity contribution in [2.45, 2.75) is 32.2 Å². The fourth-order valence-electron chi connectivity index (χ4n) is 2.06. The molecule has 0 aromatic heterocycles. The van der Waals surface area contributed by atoms with E-state index in [1.807, 2.05) is 6.07 Å². The first-order valence-corrected chi connectivity index (χ1v) is 6.05. The molecular formula is C14H16N2O. The van der Waals surface area contributed by atoms with Crippen LogP contribution in [0.4, 0.5) is 0 Å². The first-order valence-electron chi connectivity index (χ1n) is 6.05. The highest BCUT2D eigenvalue weighted by Gasteiger charge is 2.37. The molecule has 2 rings (SSSR count). The molecule has 3 nitrogen and oxygen atoms in total. The second kappa shape index (κ2) is 5.01. The standard InChI is InChI=1S/C14H16N2O/c1-2-3-12-8-13(12)16-14(17)11-6-4-10(9-15)5-7-11/h4-7,12-13H,2-3,8H2,1H3,(H,16,17). The zero-order valence-corrected chi connectivity index (χ0v) is 9.94. The highest BCUT2D eigenvalue weighted by Crippen LogP contribution is 2.34. The van der Waals surface area contributed by atoms with E-state index in [0.717, 1.165) is 6.42 Å². The summed E-state index contributed by atoms with van der Waals surface area (Å²) < 4.78 is 0. The molecule has 1 aromatic rings. The van der Waals surface area contributed by atoms with E-state index in [0.29, 0.717) is 23.1 Å². The predicted octanol–water partition coefficient (Wildman–Crippen LogP) is 2.48. The van der Waals surface area contributed by atoms with Gasteiger partial charge in [0.15, 0.2) is 0 Å². The van der Waals surface area contributed by atoms with Gasteiger partial charge < -0.3 is 5.32 Å². The molecule has 1 amide bonds. The number of nitriles is 1. The van der Waals surface area contributed by atoms with Crippen molar-refractivity contribution in [1.82, 2.24) is 5.32 Å². The van der Waals surface area contributed by atoms with Crippen molar-refractivity contribution in [1.29, 1.82) is 5.26 Å². The maximum absolute atomic E-state index is 11.9. The molecule has 1 fully saturated rings. The lowest BCUT2D eigenvalue weighted by Crippen LogP contribution is -2.26. The Morgan fingerprint density at radius 3 is 2.76 bits per heavy atom. The zero-order valence-electron chi connectivity index (χ0n) is 9.94. The van der Waals surface area contributed by atoms with Gasteiger partial charge >= 0.3 is 0 Å². The van der Waals surface area contributed by atoms with Crippen LogP contribution in [0.2, 0.25) is 0 Å². The Morgan fingerprint density at radius 1 is 1.47 bits per heavy atom. The van der Waals surface area contributed by atoms with E-state index in [1.54, 1.807) is 24.3 Å². The summed E-state index contributed by atoms with van der Waals surface area (Å²) in [7, 11) is 0. The molecule has 1 aliphatic carbocycles. The van der Waals surface area contributed by atoms with Gasteiger partial charge in [0, 0.05) is 11.6 Å². The predicted molar refractivity (Wildman–Crippen MR) is 65.4 cm³/mol. The Bertz CT molecular complexity index is 444. The number of carbonyl (C=O) groups is 1. The summed E-state index contributed by atoms with van der Waals surface area (Å²) >= 11 is 0. The molecule has 1 N–H and O–H groups in total. The van der Waals surface area contributed by atoms with Crippen LogP contribution in [0.3, 0.4) is 0 Å². The van der Waals surface area contributed by atoms with Gasteiger partial charge in [0.2, 0.25) is 0 Å². The molecule has 1 saturated carbocycles. The molecule has 0 heterocycles. The Balaban J connectivity index is 1.90. The number of amides is 1. The summed E-state index contributed by atoms with van der Waals surface area (Å²) in [5.41, 5.74) is 1.21. The number of carbonyl (C=O) groups excluding carboxylic acids is 1. The number of hydrogen-bond acceptors (Lipinski definition) is 2. The summed E-state index contributed by atoms with van der Waals surface area (Å²) in [5.74, 6) is 0.639. The van der Waals surface area contributed by atoms with Crippen LogP contribution in [-0.2, 0) is 0 Å². The topological polar surface area (TPSA) is 52.9 Å². The van der Waals surface area contributed by atoms with E-state index in [2.05, 4.69) is 12.2 Å². The number of hydrogen-bond donors (Lipinski definition) is 1. The third-order valence-corrected chi connectivity index (χ3v) is 3.17. The maximum Gasteiger partial charge on any atom is 0.251 e. The van der Waals surface area contributed by atoms with Crippen LogP contribution in [0.1, 0.15) is 42.1 Å². The molecule has 0 bridgehead atoms. The van der Waals surface area contributed by atoms with Gasteiger partial charge in [0.1, 0.15) is 0 Å².